The van der Waals surface area contributed by atoms with Crippen molar-refractivity contribution in [3.63, 3.8) is 0 Å². The number of nitrogen functional groups attached to an aromatic ring is 1. The topological polar surface area (TPSA) is 64.2 Å². The number of nitrogens with two attached hydrogens (primary N) is 1. The lowest BCUT2D eigenvalue weighted by Crippen LogP contribution is -3.00. The molecule has 3 heterocycles. The SMILES string of the molecule is C[n+]1ccn(CCCNc2nn3ccccc3c2N)c1.Cl.[Cl-]. The summed E-state index contributed by atoms with van der Waals surface area (Å²) in [6, 6.07) is 5.87. The summed E-state index contributed by atoms with van der Waals surface area (Å²) in [5, 5.41) is 7.73. The Balaban J connectivity index is 0.00000121. The minimum Gasteiger partial charge on any atom is -1.00 e. The molecule has 0 radical (unpaired) electrons. The Morgan fingerprint density at radius 3 is 2.82 bits per heavy atom. The van der Waals surface area contributed by atoms with E-state index in [1.54, 1.807) is 4.52 Å². The van der Waals surface area contributed by atoms with E-state index in [0.29, 0.717) is 5.69 Å². The molecule has 0 saturated carbocycles. The van der Waals surface area contributed by atoms with Gasteiger partial charge >= 0.3 is 0 Å². The number of nitrogens with zero attached hydrogens (tertiary/aromatic N) is 4. The first-order chi connectivity index (χ1) is 9.74. The van der Waals surface area contributed by atoms with Crippen LogP contribution in [0.15, 0.2) is 43.1 Å². The third kappa shape index (κ3) is 3.84. The Morgan fingerprint density at radius 2 is 2.14 bits per heavy atom. The van der Waals surface area contributed by atoms with Crippen LogP contribution in [0, 0.1) is 0 Å². The Hall–Kier alpha value is -1.92. The van der Waals surface area contributed by atoms with E-state index in [-0.39, 0.29) is 24.8 Å². The van der Waals surface area contributed by atoms with Crippen LogP contribution in [0.5, 0.6) is 0 Å². The molecule has 3 aromatic heterocycles. The van der Waals surface area contributed by atoms with E-state index in [1.807, 2.05) is 42.2 Å². The van der Waals surface area contributed by atoms with Gasteiger partial charge in [-0.1, -0.05) is 6.07 Å². The van der Waals surface area contributed by atoms with Crippen LogP contribution in [-0.4, -0.2) is 20.7 Å². The molecule has 0 unspecified atom stereocenters. The fraction of sp³-hybridized carbons (Fsp3) is 0.286. The van der Waals surface area contributed by atoms with Crippen molar-refractivity contribution in [1.82, 2.24) is 14.2 Å². The molecule has 8 heteroatoms. The largest absolute Gasteiger partial charge is 1.00 e. The van der Waals surface area contributed by atoms with Crippen LogP contribution < -0.4 is 28.0 Å². The number of anilines is 2. The summed E-state index contributed by atoms with van der Waals surface area (Å²) >= 11 is 0. The molecule has 0 saturated heterocycles. The van der Waals surface area contributed by atoms with Crippen molar-refractivity contribution in [2.24, 2.45) is 7.05 Å². The molecule has 0 aromatic carbocycles. The fourth-order valence-electron chi connectivity index (χ4n) is 2.25. The Bertz CT molecular complexity index is 721. The number of nitrogens with one attached hydrogen (secondary N) is 1. The maximum atomic E-state index is 6.08. The van der Waals surface area contributed by atoms with Crippen LogP contribution in [0.3, 0.4) is 0 Å². The highest BCUT2D eigenvalue weighted by molar-refractivity contribution is 5.85. The Kier molecular flexibility index (Phi) is 6.52. The molecule has 0 spiro atoms. The van der Waals surface area contributed by atoms with Gasteiger partial charge in [-0.25, -0.2) is 13.6 Å². The van der Waals surface area contributed by atoms with Gasteiger partial charge in [-0.05, 0) is 12.1 Å². The van der Waals surface area contributed by atoms with Crippen molar-refractivity contribution in [2.75, 3.05) is 17.6 Å². The predicted molar refractivity (Wildman–Crippen MR) is 85.6 cm³/mol. The maximum absolute atomic E-state index is 6.08. The zero-order chi connectivity index (χ0) is 13.9. The van der Waals surface area contributed by atoms with Gasteiger partial charge in [-0.2, -0.15) is 0 Å². The lowest BCUT2D eigenvalue weighted by Gasteiger charge is -2.02. The first-order valence-corrected chi connectivity index (χ1v) is 6.72. The minimum absolute atomic E-state index is 0. The highest BCUT2D eigenvalue weighted by Gasteiger charge is 2.08. The van der Waals surface area contributed by atoms with E-state index < -0.39 is 0 Å². The number of imidazole rings is 1. The van der Waals surface area contributed by atoms with Crippen LogP contribution in [0.4, 0.5) is 11.5 Å². The number of halogens is 2. The van der Waals surface area contributed by atoms with Gasteiger partial charge in [-0.3, -0.25) is 0 Å². The summed E-state index contributed by atoms with van der Waals surface area (Å²) in [5.41, 5.74) is 7.73. The van der Waals surface area contributed by atoms with Crippen LogP contribution in [0.25, 0.3) is 5.52 Å². The number of hydrogen-bond donors (Lipinski definition) is 2. The molecule has 0 aliphatic rings. The second-order valence-electron chi connectivity index (χ2n) is 4.89. The molecule has 0 bridgehead atoms. The summed E-state index contributed by atoms with van der Waals surface area (Å²) < 4.78 is 5.99. The molecule has 6 nitrogen and oxygen atoms in total. The van der Waals surface area contributed by atoms with Crippen molar-refractivity contribution in [3.05, 3.63) is 43.1 Å². The third-order valence-electron chi connectivity index (χ3n) is 3.29. The molecular formula is C14H20Cl2N6. The number of aryl methyl sites for hydroxylation is 2. The molecule has 0 aliphatic carbocycles. The van der Waals surface area contributed by atoms with Crippen LogP contribution in [0.1, 0.15) is 6.42 Å². The fourth-order valence-corrected chi connectivity index (χ4v) is 2.25. The second kappa shape index (κ2) is 7.91. The van der Waals surface area contributed by atoms with Crippen molar-refractivity contribution in [1.29, 1.82) is 0 Å². The molecule has 0 fully saturated rings. The quantitative estimate of drug-likeness (QED) is 0.437. The number of aromatic nitrogens is 4. The van der Waals surface area contributed by atoms with Crippen molar-refractivity contribution in [2.45, 2.75) is 13.0 Å². The number of fused-ring (bicyclic) bond motifs is 1. The molecule has 22 heavy (non-hydrogen) atoms. The van der Waals surface area contributed by atoms with E-state index in [9.17, 15) is 0 Å². The molecule has 3 rings (SSSR count). The van der Waals surface area contributed by atoms with Crippen molar-refractivity contribution in [3.8, 4) is 0 Å². The smallest absolute Gasteiger partial charge is 0.243 e. The van der Waals surface area contributed by atoms with Crippen LogP contribution in [0.2, 0.25) is 0 Å². The summed E-state index contributed by atoms with van der Waals surface area (Å²) in [6.45, 7) is 1.82. The third-order valence-corrected chi connectivity index (χ3v) is 3.29. The van der Waals surface area contributed by atoms with Crippen LogP contribution >= 0.6 is 12.4 Å². The Morgan fingerprint density at radius 1 is 1.32 bits per heavy atom. The minimum atomic E-state index is 0. The average molecular weight is 343 g/mol. The summed E-state index contributed by atoms with van der Waals surface area (Å²) in [6.07, 6.45) is 9.09. The zero-order valence-corrected chi connectivity index (χ0v) is 13.9. The van der Waals surface area contributed by atoms with E-state index in [0.717, 1.165) is 30.8 Å². The van der Waals surface area contributed by atoms with Gasteiger partial charge in [0.25, 0.3) is 0 Å². The summed E-state index contributed by atoms with van der Waals surface area (Å²) in [7, 11) is 2.02. The lowest BCUT2D eigenvalue weighted by molar-refractivity contribution is -0.671. The average Bonchev–Trinajstić information content (AvgIpc) is 3.00. The normalized spacial score (nSPS) is 10.0. The number of pyridine rings is 1. The molecule has 3 N–H and O–H groups in total. The highest BCUT2D eigenvalue weighted by Crippen LogP contribution is 2.22. The molecular weight excluding hydrogens is 323 g/mol. The van der Waals surface area contributed by atoms with E-state index in [1.165, 1.54) is 0 Å². The standard InChI is InChI=1S/C14H19N6.2ClH/c1-18-9-10-19(11-18)7-4-6-16-14-13(15)12-5-2-3-8-20(12)17-14;;/h2-3,5,8-11H,4,6-7,15H2,1H3,(H,16,17);2*1H/q+1;;/p-1. The van der Waals surface area contributed by atoms with Gasteiger partial charge in [0, 0.05) is 19.2 Å². The van der Waals surface area contributed by atoms with E-state index >= 15 is 0 Å². The maximum Gasteiger partial charge on any atom is 0.243 e. The first kappa shape index (κ1) is 18.1. The molecule has 0 atom stereocenters. The molecule has 0 amide bonds. The van der Waals surface area contributed by atoms with Crippen molar-refractivity contribution < 1.29 is 17.0 Å². The van der Waals surface area contributed by atoms with Crippen LogP contribution in [-0.2, 0) is 13.6 Å². The van der Waals surface area contributed by atoms with Gasteiger partial charge in [-0.15, -0.1) is 17.5 Å². The summed E-state index contributed by atoms with van der Waals surface area (Å²) in [4.78, 5) is 0. The van der Waals surface area contributed by atoms with E-state index in [2.05, 4.69) is 27.5 Å². The lowest BCUT2D eigenvalue weighted by atomic mass is 10.3. The van der Waals surface area contributed by atoms with Crippen molar-refractivity contribution >= 4 is 29.4 Å². The molecule has 3 aromatic rings. The van der Waals surface area contributed by atoms with Gasteiger partial charge in [0.15, 0.2) is 5.82 Å². The zero-order valence-electron chi connectivity index (χ0n) is 12.3. The second-order valence-corrected chi connectivity index (χ2v) is 4.89. The molecule has 0 aliphatic heterocycles. The number of rotatable bonds is 5. The van der Waals surface area contributed by atoms with Gasteiger partial charge < -0.3 is 23.5 Å². The van der Waals surface area contributed by atoms with Gasteiger partial charge in [0.05, 0.1) is 19.1 Å². The summed E-state index contributed by atoms with van der Waals surface area (Å²) in [5.74, 6) is 0.759. The highest BCUT2D eigenvalue weighted by atomic mass is 35.5. The number of hydrogen-bond acceptors (Lipinski definition) is 3. The Labute approximate surface area is 141 Å². The van der Waals surface area contributed by atoms with Gasteiger partial charge in [0.2, 0.25) is 6.33 Å². The predicted octanol–water partition coefficient (Wildman–Crippen LogP) is -1.53. The first-order valence-electron chi connectivity index (χ1n) is 6.72. The monoisotopic (exact) mass is 342 g/mol. The molecule has 120 valence electrons. The van der Waals surface area contributed by atoms with E-state index in [4.69, 9.17) is 5.73 Å². The van der Waals surface area contributed by atoms with Gasteiger partial charge in [0.1, 0.15) is 18.1 Å².